The number of aromatic nitrogens is 2. The molecule has 0 saturated heterocycles. The normalized spacial score (nSPS) is 14.0. The molecule has 2 aromatic carbocycles. The van der Waals surface area contributed by atoms with Crippen LogP contribution in [0.15, 0.2) is 48.7 Å². The number of hydrogen-bond acceptors (Lipinski definition) is 1. The lowest BCUT2D eigenvalue weighted by Gasteiger charge is -2.12. The Bertz CT molecular complexity index is 816. The molecule has 2 nitrogen and oxygen atoms in total. The second kappa shape index (κ2) is 7.21. The van der Waals surface area contributed by atoms with Gasteiger partial charge in [0.15, 0.2) is 0 Å². The quantitative estimate of drug-likeness (QED) is 0.511. The van der Waals surface area contributed by atoms with E-state index in [4.69, 9.17) is 0 Å². The Balaban J connectivity index is 1.99. The summed E-state index contributed by atoms with van der Waals surface area (Å²) in [5.41, 5.74) is 5.13. The van der Waals surface area contributed by atoms with Crippen LogP contribution >= 0.6 is 0 Å². The van der Waals surface area contributed by atoms with Crippen molar-refractivity contribution in [1.82, 2.24) is 9.78 Å². The Morgan fingerprint density at radius 2 is 1.75 bits per heavy atom. The summed E-state index contributed by atoms with van der Waals surface area (Å²) < 4.78 is 2.06. The Labute approximate surface area is 145 Å². The van der Waals surface area contributed by atoms with E-state index in [9.17, 15) is 0 Å². The minimum atomic E-state index is 0.577. The van der Waals surface area contributed by atoms with E-state index in [1.165, 1.54) is 34.9 Å². The van der Waals surface area contributed by atoms with Gasteiger partial charge in [-0.05, 0) is 60.1 Å². The molecular formula is C22H28N2. The fourth-order valence-corrected chi connectivity index (χ4v) is 3.36. The molecule has 2 atom stereocenters. The van der Waals surface area contributed by atoms with Gasteiger partial charge in [-0.25, -0.2) is 4.68 Å². The van der Waals surface area contributed by atoms with Crippen molar-refractivity contribution in [2.75, 3.05) is 0 Å². The highest BCUT2D eigenvalue weighted by molar-refractivity contribution is 5.81. The zero-order valence-corrected chi connectivity index (χ0v) is 15.3. The average molecular weight is 320 g/mol. The molecule has 3 rings (SSSR count). The van der Waals surface area contributed by atoms with E-state index in [-0.39, 0.29) is 0 Å². The molecule has 0 fully saturated rings. The van der Waals surface area contributed by atoms with Gasteiger partial charge in [0.05, 0.1) is 17.4 Å². The highest BCUT2D eigenvalue weighted by Gasteiger charge is 2.10. The van der Waals surface area contributed by atoms with Gasteiger partial charge in [0.1, 0.15) is 0 Å². The predicted molar refractivity (Wildman–Crippen MR) is 103 cm³/mol. The van der Waals surface area contributed by atoms with E-state index in [1.807, 2.05) is 6.20 Å². The highest BCUT2D eigenvalue weighted by Crippen LogP contribution is 2.27. The van der Waals surface area contributed by atoms with Crippen LogP contribution in [0, 0.1) is 0 Å². The SMILES string of the molecule is CCCC(C)c1ccc2c(cnn2-c2cccc(C(C)CC)c2)c1. The summed E-state index contributed by atoms with van der Waals surface area (Å²) in [4.78, 5) is 0. The number of fused-ring (bicyclic) bond motifs is 1. The minimum Gasteiger partial charge on any atom is -0.233 e. The lowest BCUT2D eigenvalue weighted by atomic mass is 9.95. The van der Waals surface area contributed by atoms with E-state index in [1.54, 1.807) is 0 Å². The molecule has 2 heteroatoms. The van der Waals surface area contributed by atoms with Crippen molar-refractivity contribution in [2.24, 2.45) is 0 Å². The van der Waals surface area contributed by atoms with Crippen molar-refractivity contribution >= 4 is 10.9 Å². The van der Waals surface area contributed by atoms with Gasteiger partial charge in [0.25, 0.3) is 0 Å². The minimum absolute atomic E-state index is 0.577. The molecule has 24 heavy (non-hydrogen) atoms. The van der Waals surface area contributed by atoms with Gasteiger partial charge in [0, 0.05) is 5.39 Å². The number of benzene rings is 2. The van der Waals surface area contributed by atoms with Crippen LogP contribution in [0.25, 0.3) is 16.6 Å². The third-order valence-electron chi connectivity index (χ3n) is 5.18. The number of hydrogen-bond donors (Lipinski definition) is 0. The van der Waals surface area contributed by atoms with Gasteiger partial charge in [-0.15, -0.1) is 0 Å². The third-order valence-corrected chi connectivity index (χ3v) is 5.18. The maximum Gasteiger partial charge on any atom is 0.0741 e. The Kier molecular flexibility index (Phi) is 5.03. The molecular weight excluding hydrogens is 292 g/mol. The second-order valence-corrected chi connectivity index (χ2v) is 6.97. The molecule has 2 unspecified atom stereocenters. The molecule has 1 aromatic heterocycles. The summed E-state index contributed by atoms with van der Waals surface area (Å²) in [6.45, 7) is 9.07. The third kappa shape index (κ3) is 3.24. The summed E-state index contributed by atoms with van der Waals surface area (Å²) in [7, 11) is 0. The first-order valence-electron chi connectivity index (χ1n) is 9.22. The first-order chi connectivity index (χ1) is 11.6. The van der Waals surface area contributed by atoms with E-state index < -0.39 is 0 Å². The van der Waals surface area contributed by atoms with Gasteiger partial charge in [-0.1, -0.05) is 52.3 Å². The molecule has 0 amide bonds. The van der Waals surface area contributed by atoms with Crippen molar-refractivity contribution in [1.29, 1.82) is 0 Å². The first kappa shape index (κ1) is 16.8. The Morgan fingerprint density at radius 3 is 2.50 bits per heavy atom. The van der Waals surface area contributed by atoms with Crippen LogP contribution in [0.5, 0.6) is 0 Å². The van der Waals surface area contributed by atoms with Crippen molar-refractivity contribution in [3.63, 3.8) is 0 Å². The summed E-state index contributed by atoms with van der Waals surface area (Å²) in [5, 5.41) is 5.88. The van der Waals surface area contributed by atoms with Crippen LogP contribution in [-0.2, 0) is 0 Å². The first-order valence-corrected chi connectivity index (χ1v) is 9.22. The van der Waals surface area contributed by atoms with Crippen LogP contribution in [0.4, 0.5) is 0 Å². The molecule has 1 heterocycles. The second-order valence-electron chi connectivity index (χ2n) is 6.97. The smallest absolute Gasteiger partial charge is 0.0741 e. The maximum atomic E-state index is 4.65. The maximum absolute atomic E-state index is 4.65. The number of rotatable bonds is 6. The molecule has 0 bridgehead atoms. The summed E-state index contributed by atoms with van der Waals surface area (Å²) in [6, 6.07) is 15.6. The Morgan fingerprint density at radius 1 is 0.958 bits per heavy atom. The Hall–Kier alpha value is -2.09. The van der Waals surface area contributed by atoms with Gasteiger partial charge in [-0.2, -0.15) is 5.10 Å². The summed E-state index contributed by atoms with van der Waals surface area (Å²) >= 11 is 0. The van der Waals surface area contributed by atoms with Gasteiger partial charge in [-0.3, -0.25) is 0 Å². The van der Waals surface area contributed by atoms with Crippen molar-refractivity contribution in [3.8, 4) is 5.69 Å². The van der Waals surface area contributed by atoms with Crippen LogP contribution < -0.4 is 0 Å². The monoisotopic (exact) mass is 320 g/mol. The van der Waals surface area contributed by atoms with E-state index >= 15 is 0 Å². The van der Waals surface area contributed by atoms with E-state index in [2.05, 4.69) is 79.9 Å². The average Bonchev–Trinajstić information content (AvgIpc) is 3.04. The molecule has 0 radical (unpaired) electrons. The predicted octanol–water partition coefficient (Wildman–Crippen LogP) is 6.44. The van der Waals surface area contributed by atoms with Gasteiger partial charge in [0.2, 0.25) is 0 Å². The van der Waals surface area contributed by atoms with Crippen LogP contribution in [0.1, 0.15) is 69.9 Å². The van der Waals surface area contributed by atoms with Crippen molar-refractivity contribution in [2.45, 2.75) is 58.8 Å². The fraction of sp³-hybridized carbons (Fsp3) is 0.409. The summed E-state index contributed by atoms with van der Waals surface area (Å²) in [6.07, 6.45) is 5.60. The lowest BCUT2D eigenvalue weighted by molar-refractivity contribution is 0.665. The zero-order chi connectivity index (χ0) is 17.1. The molecule has 0 N–H and O–H groups in total. The van der Waals surface area contributed by atoms with Gasteiger partial charge < -0.3 is 0 Å². The molecule has 0 aliphatic heterocycles. The highest BCUT2D eigenvalue weighted by atomic mass is 15.3. The molecule has 126 valence electrons. The zero-order valence-electron chi connectivity index (χ0n) is 15.3. The molecule has 0 aliphatic rings. The standard InChI is InChI=1S/C22H28N2/c1-5-8-17(4)19-11-12-22-20(13-19)15-23-24(22)21-10-7-9-18(14-21)16(3)6-2/h7,9-17H,5-6,8H2,1-4H3. The molecule has 0 aliphatic carbocycles. The lowest BCUT2D eigenvalue weighted by Crippen LogP contribution is -1.99. The molecule has 0 saturated carbocycles. The molecule has 0 spiro atoms. The van der Waals surface area contributed by atoms with Crippen LogP contribution in [-0.4, -0.2) is 9.78 Å². The van der Waals surface area contributed by atoms with Crippen molar-refractivity contribution < 1.29 is 0 Å². The molecule has 3 aromatic rings. The largest absolute Gasteiger partial charge is 0.233 e. The van der Waals surface area contributed by atoms with Crippen LogP contribution in [0.3, 0.4) is 0 Å². The number of nitrogens with zero attached hydrogens (tertiary/aromatic N) is 2. The summed E-state index contributed by atoms with van der Waals surface area (Å²) in [5.74, 6) is 1.18. The van der Waals surface area contributed by atoms with E-state index in [0.717, 1.165) is 12.1 Å². The fourth-order valence-electron chi connectivity index (χ4n) is 3.36. The van der Waals surface area contributed by atoms with Crippen molar-refractivity contribution in [3.05, 3.63) is 59.8 Å². The topological polar surface area (TPSA) is 17.8 Å². The van der Waals surface area contributed by atoms with Gasteiger partial charge >= 0.3 is 0 Å². The van der Waals surface area contributed by atoms with E-state index in [0.29, 0.717) is 11.8 Å². The van der Waals surface area contributed by atoms with Crippen LogP contribution in [0.2, 0.25) is 0 Å².